The van der Waals surface area contributed by atoms with Crippen LogP contribution in [0.2, 0.25) is 0 Å². The summed E-state index contributed by atoms with van der Waals surface area (Å²) < 4.78 is 7.01. The second-order valence-electron chi connectivity index (χ2n) is 4.55. The van der Waals surface area contributed by atoms with E-state index in [-0.39, 0.29) is 11.5 Å². The van der Waals surface area contributed by atoms with Crippen LogP contribution in [0.3, 0.4) is 0 Å². The van der Waals surface area contributed by atoms with Crippen LogP contribution < -0.4 is 4.74 Å². The number of rotatable bonds is 5. The van der Waals surface area contributed by atoms with Crippen LogP contribution in [0.5, 0.6) is 11.5 Å². The highest BCUT2D eigenvalue weighted by Crippen LogP contribution is 2.31. The molecule has 0 aliphatic rings. The highest BCUT2D eigenvalue weighted by molar-refractivity contribution is 8.01. The van der Waals surface area contributed by atoms with Crippen LogP contribution in [0.4, 0.5) is 0 Å². The second kappa shape index (κ2) is 6.37. The van der Waals surface area contributed by atoms with Crippen molar-refractivity contribution in [1.29, 1.82) is 0 Å². The number of aromatic nitrogens is 1. The largest absolute Gasteiger partial charge is 0.504 e. The molecule has 2 aromatic carbocycles. The molecule has 0 aliphatic carbocycles. The summed E-state index contributed by atoms with van der Waals surface area (Å²) in [4.78, 5) is 16.7. The number of fused-ring (bicyclic) bond motifs is 1. The SMILES string of the molecule is COc1cc(C(=O)CSc2nc3ccccc3s2)ccc1O. The molecule has 0 saturated carbocycles. The normalized spacial score (nSPS) is 10.8. The first kappa shape index (κ1) is 14.9. The van der Waals surface area contributed by atoms with Crippen molar-refractivity contribution >= 4 is 39.1 Å². The van der Waals surface area contributed by atoms with Crippen LogP contribution in [0.1, 0.15) is 10.4 Å². The first-order valence-corrected chi connectivity index (χ1v) is 8.36. The number of Topliss-reactive ketones (excluding diaryl/α,β-unsaturated/α-hetero) is 1. The number of hydrogen-bond acceptors (Lipinski definition) is 6. The van der Waals surface area contributed by atoms with Gasteiger partial charge in [0, 0.05) is 5.56 Å². The first-order valence-electron chi connectivity index (χ1n) is 6.56. The van der Waals surface area contributed by atoms with Crippen LogP contribution in [0.15, 0.2) is 46.8 Å². The maximum atomic E-state index is 12.2. The summed E-state index contributed by atoms with van der Waals surface area (Å²) in [5, 5.41) is 9.56. The highest BCUT2D eigenvalue weighted by atomic mass is 32.2. The Hall–Kier alpha value is -2.05. The zero-order chi connectivity index (χ0) is 15.5. The minimum absolute atomic E-state index is 0.0254. The monoisotopic (exact) mass is 331 g/mol. The van der Waals surface area contributed by atoms with Gasteiger partial charge in [-0.05, 0) is 30.3 Å². The first-order chi connectivity index (χ1) is 10.7. The summed E-state index contributed by atoms with van der Waals surface area (Å²) >= 11 is 3.00. The lowest BCUT2D eigenvalue weighted by Crippen LogP contribution is -2.02. The number of hydrogen-bond donors (Lipinski definition) is 1. The molecule has 0 aliphatic heterocycles. The van der Waals surface area contributed by atoms with Gasteiger partial charge in [-0.25, -0.2) is 4.98 Å². The van der Waals surface area contributed by atoms with Crippen molar-refractivity contribution in [1.82, 2.24) is 4.98 Å². The topological polar surface area (TPSA) is 59.4 Å². The van der Waals surface area contributed by atoms with Crippen molar-refractivity contribution in [3.8, 4) is 11.5 Å². The minimum Gasteiger partial charge on any atom is -0.504 e. The third-order valence-corrected chi connectivity index (χ3v) is 5.28. The van der Waals surface area contributed by atoms with E-state index in [9.17, 15) is 9.90 Å². The van der Waals surface area contributed by atoms with E-state index in [0.29, 0.717) is 17.1 Å². The van der Waals surface area contributed by atoms with Gasteiger partial charge >= 0.3 is 0 Å². The second-order valence-corrected chi connectivity index (χ2v) is 6.80. The molecule has 3 rings (SSSR count). The van der Waals surface area contributed by atoms with Gasteiger partial charge in [0.05, 0.1) is 23.1 Å². The smallest absolute Gasteiger partial charge is 0.173 e. The highest BCUT2D eigenvalue weighted by Gasteiger charge is 2.12. The van der Waals surface area contributed by atoms with Crippen LogP contribution in [0.25, 0.3) is 10.2 Å². The van der Waals surface area contributed by atoms with Gasteiger partial charge in [-0.1, -0.05) is 23.9 Å². The predicted octanol–water partition coefficient (Wildman–Crippen LogP) is 3.99. The summed E-state index contributed by atoms with van der Waals surface area (Å²) in [5.74, 6) is 0.601. The molecule has 112 valence electrons. The van der Waals surface area contributed by atoms with Crippen molar-refractivity contribution in [3.05, 3.63) is 48.0 Å². The molecule has 0 radical (unpaired) electrons. The molecule has 0 spiro atoms. The molecule has 0 amide bonds. The molecular weight excluding hydrogens is 318 g/mol. The lowest BCUT2D eigenvalue weighted by molar-refractivity contribution is 0.102. The summed E-state index contributed by atoms with van der Waals surface area (Å²) in [5.41, 5.74) is 1.47. The van der Waals surface area contributed by atoms with Gasteiger partial charge in [0.25, 0.3) is 0 Å². The molecule has 0 bridgehead atoms. The van der Waals surface area contributed by atoms with Crippen LogP contribution in [-0.4, -0.2) is 28.7 Å². The Labute approximate surface area is 135 Å². The number of thioether (sulfide) groups is 1. The number of carbonyl (C=O) groups excluding carboxylic acids is 1. The molecule has 1 aromatic heterocycles. The van der Waals surface area contributed by atoms with Crippen LogP contribution >= 0.6 is 23.1 Å². The quantitative estimate of drug-likeness (QED) is 0.566. The summed E-state index contributed by atoms with van der Waals surface area (Å²) in [7, 11) is 1.46. The Balaban J connectivity index is 1.71. The molecule has 22 heavy (non-hydrogen) atoms. The summed E-state index contributed by atoms with van der Waals surface area (Å²) in [6, 6.07) is 12.5. The predicted molar refractivity (Wildman–Crippen MR) is 89.3 cm³/mol. The molecular formula is C16H13NO3S2. The fraction of sp³-hybridized carbons (Fsp3) is 0.125. The van der Waals surface area contributed by atoms with Gasteiger partial charge in [-0.3, -0.25) is 4.79 Å². The average Bonchev–Trinajstić information content (AvgIpc) is 2.96. The minimum atomic E-state index is -0.0254. The number of phenols is 1. The standard InChI is InChI=1S/C16H13NO3S2/c1-20-14-8-10(6-7-12(14)18)13(19)9-21-16-17-11-4-2-3-5-15(11)22-16/h2-8,18H,9H2,1H3. The number of ketones is 1. The van der Waals surface area contributed by atoms with Gasteiger partial charge in [0.1, 0.15) is 0 Å². The molecule has 0 saturated heterocycles. The van der Waals surface area contributed by atoms with Crippen molar-refractivity contribution in [2.45, 2.75) is 4.34 Å². The van der Waals surface area contributed by atoms with E-state index in [2.05, 4.69) is 4.98 Å². The van der Waals surface area contributed by atoms with Crippen molar-refractivity contribution in [2.24, 2.45) is 0 Å². The number of nitrogens with zero attached hydrogens (tertiary/aromatic N) is 1. The molecule has 6 heteroatoms. The fourth-order valence-electron chi connectivity index (χ4n) is 1.97. The molecule has 1 N–H and O–H groups in total. The van der Waals surface area contributed by atoms with Crippen molar-refractivity contribution in [2.75, 3.05) is 12.9 Å². The molecule has 1 heterocycles. The van der Waals surface area contributed by atoms with Gasteiger partial charge < -0.3 is 9.84 Å². The Morgan fingerprint density at radius 1 is 1.32 bits per heavy atom. The number of carbonyl (C=O) groups is 1. The Morgan fingerprint density at radius 3 is 2.91 bits per heavy atom. The number of aromatic hydroxyl groups is 1. The Bertz CT molecular complexity index is 796. The van der Waals surface area contributed by atoms with E-state index in [4.69, 9.17) is 4.74 Å². The Kier molecular flexibility index (Phi) is 4.31. The van der Waals surface area contributed by atoms with Crippen LogP contribution in [0, 0.1) is 0 Å². The number of phenolic OH excluding ortho intramolecular Hbond substituents is 1. The third kappa shape index (κ3) is 3.08. The number of thiazole rings is 1. The van der Waals surface area contributed by atoms with E-state index < -0.39 is 0 Å². The van der Waals surface area contributed by atoms with Crippen molar-refractivity contribution < 1.29 is 14.6 Å². The molecule has 4 nitrogen and oxygen atoms in total. The summed E-state index contributed by atoms with van der Waals surface area (Å²) in [6.07, 6.45) is 0. The number of para-hydroxylation sites is 1. The summed E-state index contributed by atoms with van der Waals surface area (Å²) in [6.45, 7) is 0. The molecule has 0 fully saturated rings. The van der Waals surface area contributed by atoms with Gasteiger partial charge in [0.2, 0.25) is 0 Å². The van der Waals surface area contributed by atoms with Gasteiger partial charge in [0.15, 0.2) is 21.6 Å². The third-order valence-electron chi connectivity index (χ3n) is 3.10. The maximum Gasteiger partial charge on any atom is 0.173 e. The lowest BCUT2D eigenvalue weighted by atomic mass is 10.1. The van der Waals surface area contributed by atoms with Crippen molar-refractivity contribution in [3.63, 3.8) is 0 Å². The average molecular weight is 331 g/mol. The van der Waals surface area contributed by atoms with Gasteiger partial charge in [-0.2, -0.15) is 0 Å². The molecule has 0 atom stereocenters. The van der Waals surface area contributed by atoms with E-state index in [1.807, 2.05) is 24.3 Å². The van der Waals surface area contributed by atoms with E-state index in [1.54, 1.807) is 23.5 Å². The zero-order valence-corrected chi connectivity index (χ0v) is 13.4. The Morgan fingerprint density at radius 2 is 2.14 bits per heavy atom. The number of benzene rings is 2. The zero-order valence-electron chi connectivity index (χ0n) is 11.8. The van der Waals surface area contributed by atoms with E-state index in [1.165, 1.54) is 24.9 Å². The molecule has 0 unspecified atom stereocenters. The fourth-order valence-corrected chi connectivity index (χ4v) is 3.94. The van der Waals surface area contributed by atoms with E-state index >= 15 is 0 Å². The molecule has 3 aromatic rings. The van der Waals surface area contributed by atoms with Gasteiger partial charge in [-0.15, -0.1) is 11.3 Å². The van der Waals surface area contributed by atoms with E-state index in [0.717, 1.165) is 14.6 Å². The lowest BCUT2D eigenvalue weighted by Gasteiger charge is -2.05. The van der Waals surface area contributed by atoms with Crippen LogP contribution in [-0.2, 0) is 0 Å². The number of ether oxygens (including phenoxy) is 1. The maximum absolute atomic E-state index is 12.2. The number of methoxy groups -OCH3 is 1.